The maximum absolute atomic E-state index is 14.3. The fourth-order valence-electron chi connectivity index (χ4n) is 7.51. The molecule has 2 amide bonds. The van der Waals surface area contributed by atoms with Crippen molar-refractivity contribution in [3.05, 3.63) is 52.0 Å². The number of rotatable bonds is 17. The molecule has 2 fully saturated rings. The number of likely N-dealkylation sites (N-methyl/N-ethyl adjacent to an activating group) is 1. The Labute approximate surface area is 297 Å². The number of likely N-dealkylation sites (tertiary alicyclic amines) is 1. The molecule has 49 heavy (non-hydrogen) atoms. The quantitative estimate of drug-likeness (QED) is 0.180. The maximum atomic E-state index is 14.3. The van der Waals surface area contributed by atoms with Gasteiger partial charge in [-0.2, -0.15) is 0 Å². The molecule has 4 rings (SSSR count). The van der Waals surface area contributed by atoms with Gasteiger partial charge in [0.05, 0.1) is 6.04 Å². The highest BCUT2D eigenvalue weighted by atomic mass is 32.1. The molecule has 1 aromatic carbocycles. The van der Waals surface area contributed by atoms with Gasteiger partial charge in [0.2, 0.25) is 5.91 Å². The van der Waals surface area contributed by atoms with E-state index in [2.05, 4.69) is 55.0 Å². The van der Waals surface area contributed by atoms with Crippen LogP contribution >= 0.6 is 11.3 Å². The minimum atomic E-state index is -0.720. The average Bonchev–Trinajstić information content (AvgIpc) is 3.52. The third kappa shape index (κ3) is 10.9. The van der Waals surface area contributed by atoms with Gasteiger partial charge >= 0.3 is 5.97 Å². The zero-order valence-corrected chi connectivity index (χ0v) is 31.5. The Bertz CT molecular complexity index is 1390. The number of esters is 1. The lowest BCUT2D eigenvalue weighted by molar-refractivity contribution is -0.150. The van der Waals surface area contributed by atoms with Gasteiger partial charge in [0, 0.05) is 50.2 Å². The smallest absolute Gasteiger partial charge is 0.303 e. The number of carbonyl (C=O) groups excluding carboxylic acids is 4. The van der Waals surface area contributed by atoms with E-state index in [4.69, 9.17) is 4.74 Å². The molecule has 1 saturated heterocycles. The first-order chi connectivity index (χ1) is 23.3. The summed E-state index contributed by atoms with van der Waals surface area (Å²) >= 11 is 1.29. The lowest BCUT2D eigenvalue weighted by atomic mass is 9.72. The molecule has 2 heterocycles. The number of ketones is 1. The predicted molar refractivity (Wildman–Crippen MR) is 194 cm³/mol. The van der Waals surface area contributed by atoms with Crippen molar-refractivity contribution >= 4 is 34.9 Å². The third-order valence-electron chi connectivity index (χ3n) is 10.4. The molecule has 1 aliphatic heterocycles. The topological polar surface area (TPSA) is 109 Å². The SMILES string of the molecule is CC(=O)O[C@H](C[C@H](C(C)C)N(C)C(=O)[C@@H](CC(=O)[C@H]1CCCCN1C)C1CCC1)c1nc(C(=O)N[C@@H](Cc2ccccc2)CC(C)C)cs1. The molecule has 5 atom stereocenters. The van der Waals surface area contributed by atoms with E-state index in [1.807, 2.05) is 32.3 Å². The lowest BCUT2D eigenvalue weighted by Crippen LogP contribution is -2.49. The van der Waals surface area contributed by atoms with Crippen LogP contribution < -0.4 is 5.32 Å². The van der Waals surface area contributed by atoms with Gasteiger partial charge in [-0.15, -0.1) is 11.3 Å². The van der Waals surface area contributed by atoms with Gasteiger partial charge in [-0.05, 0) is 75.4 Å². The van der Waals surface area contributed by atoms with Gasteiger partial charge in [0.15, 0.2) is 11.9 Å². The summed E-state index contributed by atoms with van der Waals surface area (Å²) in [6.07, 6.45) is 7.46. The summed E-state index contributed by atoms with van der Waals surface area (Å²) in [6, 6.07) is 9.70. The summed E-state index contributed by atoms with van der Waals surface area (Å²) in [5.41, 5.74) is 1.45. The molecule has 9 nitrogen and oxygen atoms in total. The third-order valence-corrected chi connectivity index (χ3v) is 11.4. The number of benzene rings is 1. The molecule has 0 spiro atoms. The largest absolute Gasteiger partial charge is 0.455 e. The summed E-state index contributed by atoms with van der Waals surface area (Å²) in [5.74, 6) is -0.222. The Morgan fingerprint density at radius 1 is 1.02 bits per heavy atom. The van der Waals surface area contributed by atoms with Crippen LogP contribution in [0.4, 0.5) is 0 Å². The summed E-state index contributed by atoms with van der Waals surface area (Å²) in [4.78, 5) is 62.2. The van der Waals surface area contributed by atoms with Crippen LogP contribution in [0.5, 0.6) is 0 Å². The van der Waals surface area contributed by atoms with E-state index in [-0.39, 0.29) is 59.9 Å². The summed E-state index contributed by atoms with van der Waals surface area (Å²) in [5, 5.41) is 5.44. The normalized spacial score (nSPS) is 19.5. The highest BCUT2D eigenvalue weighted by Crippen LogP contribution is 2.38. The number of thiazole rings is 1. The number of hydrogen-bond acceptors (Lipinski definition) is 8. The van der Waals surface area contributed by atoms with Crippen molar-refractivity contribution in [3.63, 3.8) is 0 Å². The van der Waals surface area contributed by atoms with Gasteiger partial charge in [0.25, 0.3) is 5.91 Å². The molecule has 0 radical (unpaired) electrons. The van der Waals surface area contributed by atoms with Gasteiger partial charge in [-0.25, -0.2) is 4.98 Å². The highest BCUT2D eigenvalue weighted by Gasteiger charge is 2.40. The fourth-order valence-corrected chi connectivity index (χ4v) is 8.35. The standard InChI is InChI=1S/C39H58N4O5S/c1-25(2)20-30(21-28-14-9-8-10-15-28)40-37(46)32-24-49-38(41-32)36(48-27(5)44)23-34(26(3)4)43(7)39(47)31(29-16-13-17-29)22-35(45)33-18-11-12-19-42(33)6/h8-10,14-15,24-26,29-31,33-34,36H,11-13,16-23H2,1-7H3,(H,40,46)/t30-,31+,33-,34-,36-/m1/s1. The van der Waals surface area contributed by atoms with Crippen molar-refractivity contribution in [3.8, 4) is 0 Å². The molecule has 1 aromatic heterocycles. The molecule has 270 valence electrons. The molecule has 1 saturated carbocycles. The number of piperidine rings is 1. The van der Waals surface area contributed by atoms with Crippen molar-refractivity contribution in [2.24, 2.45) is 23.7 Å². The zero-order valence-electron chi connectivity index (χ0n) is 30.7. The highest BCUT2D eigenvalue weighted by molar-refractivity contribution is 7.09. The minimum Gasteiger partial charge on any atom is -0.455 e. The molecule has 10 heteroatoms. The Kier molecular flexibility index (Phi) is 14.4. The molecular weight excluding hydrogens is 637 g/mol. The van der Waals surface area contributed by atoms with Crippen LogP contribution in [0.3, 0.4) is 0 Å². The van der Waals surface area contributed by atoms with E-state index in [1.54, 1.807) is 10.3 Å². The fraction of sp³-hybridized carbons (Fsp3) is 0.667. The Morgan fingerprint density at radius 3 is 2.33 bits per heavy atom. The number of amides is 2. The van der Waals surface area contributed by atoms with Crippen LogP contribution in [0.15, 0.2) is 35.7 Å². The molecule has 1 N–H and O–H groups in total. The first-order valence-corrected chi connectivity index (χ1v) is 19.2. The van der Waals surface area contributed by atoms with Crippen molar-refractivity contribution in [1.82, 2.24) is 20.1 Å². The van der Waals surface area contributed by atoms with E-state index in [9.17, 15) is 19.2 Å². The van der Waals surface area contributed by atoms with E-state index < -0.39 is 12.1 Å². The van der Waals surface area contributed by atoms with Crippen LogP contribution in [0.2, 0.25) is 0 Å². The first kappa shape index (κ1) is 38.7. The Balaban J connectivity index is 1.49. The summed E-state index contributed by atoms with van der Waals surface area (Å²) in [6.45, 7) is 10.7. The Hall–Kier alpha value is -3.11. The van der Waals surface area contributed by atoms with Crippen LogP contribution in [0, 0.1) is 23.7 Å². The van der Waals surface area contributed by atoms with Crippen LogP contribution in [-0.4, -0.2) is 77.1 Å². The summed E-state index contributed by atoms with van der Waals surface area (Å²) < 4.78 is 5.83. The van der Waals surface area contributed by atoms with Crippen LogP contribution in [-0.2, 0) is 25.5 Å². The van der Waals surface area contributed by atoms with Crippen molar-refractivity contribution in [2.75, 3.05) is 20.6 Å². The van der Waals surface area contributed by atoms with Gasteiger partial charge < -0.3 is 15.0 Å². The van der Waals surface area contributed by atoms with Gasteiger partial charge in [0.1, 0.15) is 10.7 Å². The van der Waals surface area contributed by atoms with Crippen LogP contribution in [0.1, 0.15) is 120 Å². The van der Waals surface area contributed by atoms with E-state index in [0.717, 1.165) is 63.5 Å². The lowest BCUT2D eigenvalue weighted by Gasteiger charge is -2.40. The van der Waals surface area contributed by atoms with E-state index in [1.165, 1.54) is 18.3 Å². The molecular formula is C39H58N4O5S. The maximum Gasteiger partial charge on any atom is 0.303 e. The molecule has 0 unspecified atom stereocenters. The first-order valence-electron chi connectivity index (χ1n) is 18.3. The number of Topliss-reactive ketones (excluding diaryl/α,β-unsaturated/α-hetero) is 1. The molecule has 0 bridgehead atoms. The Morgan fingerprint density at radius 2 is 1.73 bits per heavy atom. The summed E-state index contributed by atoms with van der Waals surface area (Å²) in [7, 11) is 3.84. The van der Waals surface area contributed by atoms with Crippen molar-refractivity contribution in [1.29, 1.82) is 0 Å². The number of ether oxygens (including phenoxy) is 1. The average molecular weight is 695 g/mol. The number of nitrogens with one attached hydrogen (secondary N) is 1. The van der Waals surface area contributed by atoms with E-state index >= 15 is 0 Å². The second kappa shape index (κ2) is 18.2. The second-order valence-corrected chi connectivity index (χ2v) is 16.0. The van der Waals surface area contributed by atoms with Crippen molar-refractivity contribution < 1.29 is 23.9 Å². The molecule has 1 aliphatic carbocycles. The monoisotopic (exact) mass is 694 g/mol. The van der Waals surface area contributed by atoms with Gasteiger partial charge in [-0.3, -0.25) is 24.1 Å². The minimum absolute atomic E-state index is 0.00870. The number of hydrogen-bond donors (Lipinski definition) is 1. The number of nitrogens with zero attached hydrogens (tertiary/aromatic N) is 3. The zero-order chi connectivity index (χ0) is 35.7. The van der Waals surface area contributed by atoms with Gasteiger partial charge in [-0.1, -0.05) is 70.9 Å². The number of aromatic nitrogens is 1. The van der Waals surface area contributed by atoms with Crippen molar-refractivity contribution in [2.45, 2.75) is 123 Å². The predicted octanol–water partition coefficient (Wildman–Crippen LogP) is 6.87. The second-order valence-electron chi connectivity index (χ2n) is 15.1. The molecule has 2 aliphatic rings. The van der Waals surface area contributed by atoms with Crippen LogP contribution in [0.25, 0.3) is 0 Å². The van der Waals surface area contributed by atoms with E-state index in [0.29, 0.717) is 23.0 Å². The molecule has 2 aromatic rings. The number of carbonyl (C=O) groups is 4.